The van der Waals surface area contributed by atoms with Crippen LogP contribution in [0.1, 0.15) is 46.5 Å². The summed E-state index contributed by atoms with van der Waals surface area (Å²) in [6.07, 6.45) is 4.73. The van der Waals surface area contributed by atoms with Gasteiger partial charge in [0.05, 0.1) is 5.75 Å². The molecule has 0 aromatic carbocycles. The van der Waals surface area contributed by atoms with Crippen molar-refractivity contribution in [1.82, 2.24) is 5.32 Å². The Morgan fingerprint density at radius 3 is 2.47 bits per heavy atom. The summed E-state index contributed by atoms with van der Waals surface area (Å²) in [5.41, 5.74) is 0. The topological polar surface area (TPSA) is 29.1 Å². The molecule has 2 nitrogen and oxygen atoms in total. The quantitative estimate of drug-likeness (QED) is 0.618. The molecule has 0 aliphatic rings. The largest absolute Gasteiger partial charge is 0.355 e. The fraction of sp³-hybridized carbons (Fsp3) is 0.917. The summed E-state index contributed by atoms with van der Waals surface area (Å²) in [5.74, 6) is 2.58. The normalized spacial score (nSPS) is 10.7. The molecule has 1 N–H and O–H groups in total. The van der Waals surface area contributed by atoms with Gasteiger partial charge in [0.1, 0.15) is 0 Å². The van der Waals surface area contributed by atoms with Crippen LogP contribution in [0.3, 0.4) is 0 Å². The second-order valence-electron chi connectivity index (χ2n) is 3.89. The molecular weight excluding hydrogens is 206 g/mol. The summed E-state index contributed by atoms with van der Waals surface area (Å²) in [7, 11) is 0. The number of thioether (sulfide) groups is 1. The predicted octanol–water partition coefficient (Wildman–Crippen LogP) is 3.07. The first-order chi connectivity index (χ1) is 7.24. The van der Waals surface area contributed by atoms with E-state index in [1.165, 1.54) is 12.8 Å². The second kappa shape index (κ2) is 10.3. The maximum absolute atomic E-state index is 11.4. The van der Waals surface area contributed by atoms with Gasteiger partial charge >= 0.3 is 0 Å². The molecule has 0 aliphatic carbocycles. The van der Waals surface area contributed by atoms with Crippen LogP contribution in [0.5, 0.6) is 0 Å². The van der Waals surface area contributed by atoms with Crippen LogP contribution in [0.4, 0.5) is 0 Å². The monoisotopic (exact) mass is 231 g/mol. The van der Waals surface area contributed by atoms with E-state index in [1.807, 2.05) is 0 Å². The van der Waals surface area contributed by atoms with Crippen LogP contribution in [0.2, 0.25) is 0 Å². The van der Waals surface area contributed by atoms with Gasteiger partial charge in [-0.05, 0) is 18.1 Å². The molecule has 0 saturated heterocycles. The van der Waals surface area contributed by atoms with Crippen LogP contribution in [0.25, 0.3) is 0 Å². The van der Waals surface area contributed by atoms with Crippen molar-refractivity contribution in [2.45, 2.75) is 46.5 Å². The molecular formula is C12H25NOS. The molecule has 90 valence electrons. The minimum atomic E-state index is 0.197. The minimum absolute atomic E-state index is 0.197. The Morgan fingerprint density at radius 2 is 1.93 bits per heavy atom. The van der Waals surface area contributed by atoms with Crippen molar-refractivity contribution in [2.24, 2.45) is 5.92 Å². The molecule has 0 unspecified atom stereocenters. The van der Waals surface area contributed by atoms with E-state index in [9.17, 15) is 4.79 Å². The van der Waals surface area contributed by atoms with E-state index < -0.39 is 0 Å². The lowest BCUT2D eigenvalue weighted by atomic mass is 10.0. The van der Waals surface area contributed by atoms with Crippen LogP contribution in [0.15, 0.2) is 0 Å². The molecule has 0 aliphatic heterocycles. The van der Waals surface area contributed by atoms with Gasteiger partial charge in [-0.15, -0.1) is 0 Å². The van der Waals surface area contributed by atoms with E-state index in [2.05, 4.69) is 26.1 Å². The van der Waals surface area contributed by atoms with Gasteiger partial charge in [0, 0.05) is 6.54 Å². The standard InChI is InChI=1S/C12H25NOS/c1-4-7-8-15-10-12(14)13-9-11(5-2)6-3/h11H,4-10H2,1-3H3,(H,13,14). The Balaban J connectivity index is 3.40. The molecule has 0 spiro atoms. The first-order valence-electron chi connectivity index (χ1n) is 6.08. The van der Waals surface area contributed by atoms with E-state index in [1.54, 1.807) is 11.8 Å². The zero-order chi connectivity index (χ0) is 11.5. The average Bonchev–Trinajstić information content (AvgIpc) is 2.26. The molecule has 0 bridgehead atoms. The van der Waals surface area contributed by atoms with Crippen molar-refractivity contribution in [3.8, 4) is 0 Å². The molecule has 0 saturated carbocycles. The maximum Gasteiger partial charge on any atom is 0.230 e. The number of rotatable bonds is 9. The van der Waals surface area contributed by atoms with Crippen molar-refractivity contribution < 1.29 is 4.79 Å². The van der Waals surface area contributed by atoms with Crippen molar-refractivity contribution in [3.63, 3.8) is 0 Å². The predicted molar refractivity (Wildman–Crippen MR) is 69.3 cm³/mol. The number of amides is 1. The summed E-state index contributed by atoms with van der Waals surface area (Å²) in [5, 5.41) is 3.00. The SMILES string of the molecule is CCCCSCC(=O)NCC(CC)CC. The Kier molecular flexibility index (Phi) is 10.2. The van der Waals surface area contributed by atoms with Crippen LogP contribution < -0.4 is 5.32 Å². The van der Waals surface area contributed by atoms with Crippen molar-refractivity contribution in [3.05, 3.63) is 0 Å². The maximum atomic E-state index is 11.4. The molecule has 0 radical (unpaired) electrons. The number of nitrogens with one attached hydrogen (secondary N) is 1. The van der Waals surface area contributed by atoms with Gasteiger partial charge in [-0.25, -0.2) is 0 Å². The van der Waals surface area contributed by atoms with Crippen molar-refractivity contribution in [1.29, 1.82) is 0 Å². The van der Waals surface area contributed by atoms with Crippen LogP contribution >= 0.6 is 11.8 Å². The van der Waals surface area contributed by atoms with Gasteiger partial charge in [-0.2, -0.15) is 11.8 Å². The van der Waals surface area contributed by atoms with E-state index >= 15 is 0 Å². The highest BCUT2D eigenvalue weighted by molar-refractivity contribution is 7.99. The molecule has 3 heteroatoms. The van der Waals surface area contributed by atoms with E-state index in [0.717, 1.165) is 25.1 Å². The number of carbonyl (C=O) groups excluding carboxylic acids is 1. The number of carbonyl (C=O) groups is 1. The molecule has 0 fully saturated rings. The number of hydrogen-bond donors (Lipinski definition) is 1. The fourth-order valence-electron chi connectivity index (χ4n) is 1.30. The third-order valence-electron chi connectivity index (χ3n) is 2.62. The first kappa shape index (κ1) is 14.8. The van der Waals surface area contributed by atoms with E-state index in [-0.39, 0.29) is 5.91 Å². The third-order valence-corrected chi connectivity index (χ3v) is 3.66. The zero-order valence-electron chi connectivity index (χ0n) is 10.3. The lowest BCUT2D eigenvalue weighted by Gasteiger charge is -2.12. The number of hydrogen-bond acceptors (Lipinski definition) is 2. The van der Waals surface area contributed by atoms with Crippen molar-refractivity contribution >= 4 is 17.7 Å². The first-order valence-corrected chi connectivity index (χ1v) is 7.24. The Bertz CT molecular complexity index is 158. The van der Waals surface area contributed by atoms with Crippen molar-refractivity contribution in [2.75, 3.05) is 18.1 Å². The average molecular weight is 231 g/mol. The Morgan fingerprint density at radius 1 is 1.27 bits per heavy atom. The van der Waals surface area contributed by atoms with Gasteiger partial charge < -0.3 is 5.32 Å². The lowest BCUT2D eigenvalue weighted by molar-refractivity contribution is -0.118. The molecule has 1 amide bonds. The van der Waals surface area contributed by atoms with Crippen LogP contribution in [-0.2, 0) is 4.79 Å². The highest BCUT2D eigenvalue weighted by atomic mass is 32.2. The summed E-state index contributed by atoms with van der Waals surface area (Å²) in [4.78, 5) is 11.4. The highest BCUT2D eigenvalue weighted by Gasteiger charge is 2.05. The molecule has 0 atom stereocenters. The van der Waals surface area contributed by atoms with Gasteiger partial charge in [0.25, 0.3) is 0 Å². The molecule has 0 aromatic heterocycles. The highest BCUT2D eigenvalue weighted by Crippen LogP contribution is 2.06. The third kappa shape index (κ3) is 8.79. The molecule has 0 heterocycles. The van der Waals surface area contributed by atoms with Crippen LogP contribution in [0, 0.1) is 5.92 Å². The number of unbranched alkanes of at least 4 members (excludes halogenated alkanes) is 1. The zero-order valence-corrected chi connectivity index (χ0v) is 11.2. The minimum Gasteiger partial charge on any atom is -0.355 e. The second-order valence-corrected chi connectivity index (χ2v) is 5.00. The van der Waals surface area contributed by atoms with E-state index in [0.29, 0.717) is 11.7 Å². The molecule has 0 rings (SSSR count). The smallest absolute Gasteiger partial charge is 0.230 e. The summed E-state index contributed by atoms with van der Waals surface area (Å²) in [6, 6.07) is 0. The van der Waals surface area contributed by atoms with E-state index in [4.69, 9.17) is 0 Å². The Labute approximate surface area is 98.6 Å². The molecule has 15 heavy (non-hydrogen) atoms. The molecule has 0 aromatic rings. The van der Waals surface area contributed by atoms with Gasteiger partial charge in [0.15, 0.2) is 0 Å². The summed E-state index contributed by atoms with van der Waals surface area (Å²) in [6.45, 7) is 7.38. The summed E-state index contributed by atoms with van der Waals surface area (Å²) < 4.78 is 0. The lowest BCUT2D eigenvalue weighted by Crippen LogP contribution is -2.30. The fourth-order valence-corrected chi connectivity index (χ4v) is 2.22. The Hall–Kier alpha value is -0.180. The van der Waals surface area contributed by atoms with Gasteiger partial charge in [-0.1, -0.05) is 40.0 Å². The van der Waals surface area contributed by atoms with Gasteiger partial charge in [-0.3, -0.25) is 4.79 Å². The van der Waals surface area contributed by atoms with Gasteiger partial charge in [0.2, 0.25) is 5.91 Å². The van der Waals surface area contributed by atoms with Crippen LogP contribution in [-0.4, -0.2) is 24.0 Å². The summed E-state index contributed by atoms with van der Waals surface area (Å²) >= 11 is 1.74.